The van der Waals surface area contributed by atoms with E-state index in [4.69, 9.17) is 0 Å². The van der Waals surface area contributed by atoms with Gasteiger partial charge in [-0.1, -0.05) is 28.1 Å². The Labute approximate surface area is 157 Å². The van der Waals surface area contributed by atoms with Crippen LogP contribution in [0.2, 0.25) is 0 Å². The summed E-state index contributed by atoms with van der Waals surface area (Å²) in [4.78, 5) is 21.0. The maximum Gasteiger partial charge on any atom is 0.263 e. The zero-order valence-corrected chi connectivity index (χ0v) is 15.4. The van der Waals surface area contributed by atoms with Crippen LogP contribution in [0.25, 0.3) is 5.65 Å². The monoisotopic (exact) mass is 411 g/mol. The SMILES string of the molecule is Cc1nn2cccnc2c1C(=O)Nc1ncn(Cc2cccc(Br)c2)n1. The minimum Gasteiger partial charge on any atom is -0.289 e. The first-order valence-corrected chi connectivity index (χ1v) is 8.64. The molecular weight excluding hydrogens is 398 g/mol. The van der Waals surface area contributed by atoms with Gasteiger partial charge in [0.05, 0.1) is 12.2 Å². The van der Waals surface area contributed by atoms with Gasteiger partial charge in [0.25, 0.3) is 5.91 Å². The van der Waals surface area contributed by atoms with E-state index in [0.29, 0.717) is 23.4 Å². The molecule has 0 aliphatic carbocycles. The topological polar surface area (TPSA) is 90.0 Å². The molecule has 4 rings (SSSR count). The zero-order chi connectivity index (χ0) is 18.1. The van der Waals surface area contributed by atoms with Crippen molar-refractivity contribution in [3.63, 3.8) is 0 Å². The number of nitrogens with one attached hydrogen (secondary N) is 1. The van der Waals surface area contributed by atoms with E-state index in [2.05, 4.69) is 41.4 Å². The van der Waals surface area contributed by atoms with Crippen molar-refractivity contribution in [2.24, 2.45) is 0 Å². The summed E-state index contributed by atoms with van der Waals surface area (Å²) < 4.78 is 4.24. The molecule has 9 heteroatoms. The second kappa shape index (κ2) is 6.68. The van der Waals surface area contributed by atoms with Crippen LogP contribution in [-0.2, 0) is 6.54 Å². The summed E-state index contributed by atoms with van der Waals surface area (Å²) in [5, 5.41) is 11.3. The lowest BCUT2D eigenvalue weighted by atomic mass is 10.2. The molecule has 130 valence electrons. The van der Waals surface area contributed by atoms with E-state index in [-0.39, 0.29) is 11.9 Å². The van der Waals surface area contributed by atoms with Crippen molar-refractivity contribution in [2.75, 3.05) is 5.32 Å². The third kappa shape index (κ3) is 3.21. The van der Waals surface area contributed by atoms with Gasteiger partial charge in [0.2, 0.25) is 5.95 Å². The van der Waals surface area contributed by atoms with E-state index in [9.17, 15) is 4.79 Å². The van der Waals surface area contributed by atoms with E-state index < -0.39 is 0 Å². The Bertz CT molecular complexity index is 1100. The lowest BCUT2D eigenvalue weighted by Crippen LogP contribution is -2.14. The van der Waals surface area contributed by atoms with E-state index in [0.717, 1.165) is 10.0 Å². The van der Waals surface area contributed by atoms with Crippen molar-refractivity contribution in [1.82, 2.24) is 29.4 Å². The van der Waals surface area contributed by atoms with Crippen LogP contribution in [0.1, 0.15) is 21.6 Å². The van der Waals surface area contributed by atoms with Gasteiger partial charge in [-0.3, -0.25) is 10.1 Å². The van der Waals surface area contributed by atoms with Crippen molar-refractivity contribution in [1.29, 1.82) is 0 Å². The molecule has 0 fully saturated rings. The number of benzene rings is 1. The third-order valence-electron chi connectivity index (χ3n) is 3.79. The highest BCUT2D eigenvalue weighted by Gasteiger charge is 2.19. The van der Waals surface area contributed by atoms with Gasteiger partial charge < -0.3 is 0 Å². The van der Waals surface area contributed by atoms with Gasteiger partial charge in [0.1, 0.15) is 11.9 Å². The van der Waals surface area contributed by atoms with Gasteiger partial charge in [-0.15, -0.1) is 5.10 Å². The van der Waals surface area contributed by atoms with Crippen LogP contribution >= 0.6 is 15.9 Å². The number of aromatic nitrogens is 6. The Morgan fingerprint density at radius 2 is 2.12 bits per heavy atom. The number of anilines is 1. The highest BCUT2D eigenvalue weighted by molar-refractivity contribution is 9.10. The first-order chi connectivity index (χ1) is 12.6. The van der Waals surface area contributed by atoms with E-state index in [1.807, 2.05) is 24.3 Å². The molecule has 0 unspecified atom stereocenters. The number of aryl methyl sites for hydroxylation is 1. The Hall–Kier alpha value is -3.07. The Morgan fingerprint density at radius 3 is 2.96 bits per heavy atom. The van der Waals surface area contributed by atoms with Crippen LogP contribution in [0.3, 0.4) is 0 Å². The summed E-state index contributed by atoms with van der Waals surface area (Å²) in [7, 11) is 0. The normalized spacial score (nSPS) is 11.0. The Kier molecular flexibility index (Phi) is 4.21. The van der Waals surface area contributed by atoms with Crippen molar-refractivity contribution >= 4 is 33.4 Å². The Balaban J connectivity index is 1.53. The van der Waals surface area contributed by atoms with Crippen LogP contribution in [0, 0.1) is 6.92 Å². The van der Waals surface area contributed by atoms with Crippen LogP contribution in [0.4, 0.5) is 5.95 Å². The first-order valence-electron chi connectivity index (χ1n) is 7.85. The van der Waals surface area contributed by atoms with Crippen molar-refractivity contribution in [2.45, 2.75) is 13.5 Å². The summed E-state index contributed by atoms with van der Waals surface area (Å²) in [6, 6.07) is 9.68. The smallest absolute Gasteiger partial charge is 0.263 e. The highest BCUT2D eigenvalue weighted by atomic mass is 79.9. The molecule has 1 aromatic carbocycles. The lowest BCUT2D eigenvalue weighted by Gasteiger charge is -2.02. The summed E-state index contributed by atoms with van der Waals surface area (Å²) in [6.07, 6.45) is 4.95. The van der Waals surface area contributed by atoms with Gasteiger partial charge in [-0.2, -0.15) is 5.10 Å². The number of fused-ring (bicyclic) bond motifs is 1. The third-order valence-corrected chi connectivity index (χ3v) is 4.29. The molecule has 0 aliphatic heterocycles. The van der Waals surface area contributed by atoms with E-state index >= 15 is 0 Å². The number of nitrogens with zero attached hydrogens (tertiary/aromatic N) is 6. The fraction of sp³-hybridized carbons (Fsp3) is 0.118. The predicted octanol–water partition coefficient (Wildman–Crippen LogP) is 2.69. The molecule has 3 heterocycles. The van der Waals surface area contributed by atoms with Gasteiger partial charge in [0.15, 0.2) is 5.65 Å². The first kappa shape index (κ1) is 16.4. The quantitative estimate of drug-likeness (QED) is 0.557. The van der Waals surface area contributed by atoms with Crippen molar-refractivity contribution in [3.8, 4) is 0 Å². The molecule has 0 saturated carbocycles. The summed E-state index contributed by atoms with van der Waals surface area (Å²) in [5.74, 6) is -0.101. The number of rotatable bonds is 4. The van der Waals surface area contributed by atoms with E-state index in [1.165, 1.54) is 0 Å². The number of carbonyl (C=O) groups is 1. The van der Waals surface area contributed by atoms with Crippen LogP contribution in [-0.4, -0.2) is 35.3 Å². The fourth-order valence-electron chi connectivity index (χ4n) is 2.68. The van der Waals surface area contributed by atoms with Crippen LogP contribution in [0.15, 0.2) is 53.5 Å². The minimum absolute atomic E-state index is 0.236. The maximum atomic E-state index is 12.6. The highest BCUT2D eigenvalue weighted by Crippen LogP contribution is 2.15. The summed E-state index contributed by atoms with van der Waals surface area (Å²) in [6.45, 7) is 2.32. The largest absolute Gasteiger partial charge is 0.289 e. The minimum atomic E-state index is -0.337. The molecule has 0 radical (unpaired) electrons. The molecule has 26 heavy (non-hydrogen) atoms. The molecule has 0 atom stereocenters. The summed E-state index contributed by atoms with van der Waals surface area (Å²) in [5.41, 5.74) is 2.57. The average molecular weight is 412 g/mol. The second-order valence-electron chi connectivity index (χ2n) is 5.70. The van der Waals surface area contributed by atoms with Gasteiger partial charge in [0, 0.05) is 16.9 Å². The fourth-order valence-corrected chi connectivity index (χ4v) is 3.12. The molecule has 1 N–H and O–H groups in total. The zero-order valence-electron chi connectivity index (χ0n) is 13.8. The molecule has 0 spiro atoms. The van der Waals surface area contributed by atoms with Gasteiger partial charge in [-0.25, -0.2) is 19.2 Å². The molecule has 3 aromatic heterocycles. The number of halogens is 1. The molecule has 0 saturated heterocycles. The lowest BCUT2D eigenvalue weighted by molar-refractivity contribution is 0.102. The summed E-state index contributed by atoms with van der Waals surface area (Å²) >= 11 is 3.45. The molecule has 1 amide bonds. The van der Waals surface area contributed by atoms with E-state index in [1.54, 1.807) is 40.9 Å². The molecule has 0 bridgehead atoms. The molecular formula is C17H14BrN7O. The second-order valence-corrected chi connectivity index (χ2v) is 6.61. The molecule has 8 nitrogen and oxygen atoms in total. The number of hydrogen-bond acceptors (Lipinski definition) is 5. The number of amides is 1. The maximum absolute atomic E-state index is 12.6. The van der Waals surface area contributed by atoms with Crippen LogP contribution < -0.4 is 5.32 Å². The number of hydrogen-bond donors (Lipinski definition) is 1. The average Bonchev–Trinajstić information content (AvgIpc) is 3.17. The standard InChI is InChI=1S/C17H14BrN7O/c1-11-14(15-19-6-3-7-25(15)22-11)16(26)21-17-20-10-24(23-17)9-12-4-2-5-13(18)8-12/h2-8,10H,9H2,1H3,(H,21,23,26). The number of carbonyl (C=O) groups excluding carboxylic acids is 1. The van der Waals surface area contributed by atoms with Crippen LogP contribution in [0.5, 0.6) is 0 Å². The van der Waals surface area contributed by atoms with Gasteiger partial charge in [-0.05, 0) is 30.7 Å². The van der Waals surface area contributed by atoms with Gasteiger partial charge >= 0.3 is 0 Å². The Morgan fingerprint density at radius 1 is 1.23 bits per heavy atom. The van der Waals surface area contributed by atoms with Crippen molar-refractivity contribution < 1.29 is 4.79 Å². The predicted molar refractivity (Wildman–Crippen MR) is 98.9 cm³/mol. The van der Waals surface area contributed by atoms with Crippen molar-refractivity contribution in [3.05, 3.63) is 70.3 Å². The molecule has 0 aliphatic rings. The molecule has 4 aromatic rings.